The van der Waals surface area contributed by atoms with Gasteiger partial charge in [-0.3, -0.25) is 0 Å². The maximum atomic E-state index is 4.85. The van der Waals surface area contributed by atoms with Crippen LogP contribution in [0, 0.1) is 0 Å². The Bertz CT molecular complexity index is 179. The van der Waals surface area contributed by atoms with Gasteiger partial charge >= 0.3 is 56.6 Å². The van der Waals surface area contributed by atoms with Crippen LogP contribution in [-0.2, 0) is 37.9 Å². The second kappa shape index (κ2) is 9.24. The van der Waals surface area contributed by atoms with Gasteiger partial charge in [-0.1, -0.05) is 0 Å². The van der Waals surface area contributed by atoms with Crippen molar-refractivity contribution in [3.05, 3.63) is 18.2 Å². The molecule has 0 heterocycles. The fourth-order valence-corrected chi connectivity index (χ4v) is 1.53. The summed E-state index contributed by atoms with van der Waals surface area (Å²) in [4.78, 5) is 2.19. The smallest absolute Gasteiger partial charge is 0.780 e. The summed E-state index contributed by atoms with van der Waals surface area (Å²) in [6.07, 6.45) is 0. The van der Waals surface area contributed by atoms with E-state index in [9.17, 15) is 0 Å². The average molecular weight is 192 g/mol. The van der Waals surface area contributed by atoms with Crippen molar-refractivity contribution in [3.63, 3.8) is 0 Å². The molecule has 0 atom stereocenters. The van der Waals surface area contributed by atoms with Crippen LogP contribution in [0.2, 0.25) is 0 Å². The molecular formula is C6H3Li3S3. The molecule has 0 N–H and O–H groups in total. The maximum absolute atomic E-state index is 4.85. The van der Waals surface area contributed by atoms with E-state index in [2.05, 4.69) is 0 Å². The van der Waals surface area contributed by atoms with Crippen LogP contribution in [0.3, 0.4) is 0 Å². The van der Waals surface area contributed by atoms with E-state index in [0.717, 1.165) is 14.7 Å². The first kappa shape index (κ1) is 19.3. The molecule has 0 fully saturated rings. The van der Waals surface area contributed by atoms with Gasteiger partial charge in [0.25, 0.3) is 0 Å². The fourth-order valence-electron chi connectivity index (χ4n) is 0.546. The van der Waals surface area contributed by atoms with E-state index in [4.69, 9.17) is 37.9 Å². The monoisotopic (exact) mass is 192 g/mol. The molecule has 0 nitrogen and oxygen atoms in total. The van der Waals surface area contributed by atoms with Crippen LogP contribution in [0.1, 0.15) is 0 Å². The first-order valence-electron chi connectivity index (χ1n) is 2.34. The normalized spacial score (nSPS) is 7.00. The van der Waals surface area contributed by atoms with Crippen LogP contribution in [0.5, 0.6) is 0 Å². The Morgan fingerprint density at radius 1 is 0.583 bits per heavy atom. The molecule has 0 aliphatic carbocycles. The molecule has 0 unspecified atom stereocenters. The Morgan fingerprint density at radius 2 is 0.750 bits per heavy atom. The molecule has 0 aliphatic rings. The first-order chi connectivity index (χ1) is 4.18. The van der Waals surface area contributed by atoms with Gasteiger partial charge in [-0.05, 0) is 0 Å². The van der Waals surface area contributed by atoms with E-state index in [1.807, 2.05) is 0 Å². The standard InChI is InChI=1S/C6H6S3.3Li/c7-4-1-5(8)3-6(9)2-4;;;/h1-3,7-9H;;;/q;3*+1/p-3. The minimum atomic E-state index is 0. The van der Waals surface area contributed by atoms with Gasteiger partial charge in [-0.15, -0.1) is 18.2 Å². The first-order valence-corrected chi connectivity index (χ1v) is 3.57. The molecule has 48 valence electrons. The number of hydrogen-bond donors (Lipinski definition) is 0. The summed E-state index contributed by atoms with van der Waals surface area (Å²) in [6, 6.07) is 5.25. The summed E-state index contributed by atoms with van der Waals surface area (Å²) < 4.78 is 0. The molecule has 0 amide bonds. The van der Waals surface area contributed by atoms with Gasteiger partial charge in [0.15, 0.2) is 0 Å². The minimum absolute atomic E-state index is 0. The summed E-state index contributed by atoms with van der Waals surface area (Å²) in [5, 5.41) is 0. The van der Waals surface area contributed by atoms with Crippen LogP contribution in [-0.4, -0.2) is 0 Å². The molecule has 0 spiro atoms. The Hall–Kier alpha value is 1.67. The number of benzene rings is 1. The molecule has 0 radical (unpaired) electrons. The number of hydrogen-bond acceptors (Lipinski definition) is 3. The largest absolute Gasteiger partial charge is 1.00 e. The molecular weight excluding hydrogens is 189 g/mol. The van der Waals surface area contributed by atoms with Crippen molar-refractivity contribution in [2.75, 3.05) is 0 Å². The van der Waals surface area contributed by atoms with Crippen molar-refractivity contribution in [2.45, 2.75) is 14.7 Å². The molecule has 0 bridgehead atoms. The summed E-state index contributed by atoms with van der Waals surface area (Å²) in [6.45, 7) is 0. The molecule has 1 aromatic rings. The van der Waals surface area contributed by atoms with Crippen LogP contribution in [0.15, 0.2) is 32.9 Å². The van der Waals surface area contributed by atoms with Crippen LogP contribution < -0.4 is 56.6 Å². The fraction of sp³-hybridized carbons (Fsp3) is 0. The third-order valence-corrected chi connectivity index (χ3v) is 1.56. The molecule has 12 heavy (non-hydrogen) atoms. The Morgan fingerprint density at radius 3 is 0.917 bits per heavy atom. The van der Waals surface area contributed by atoms with Gasteiger partial charge in [0.05, 0.1) is 0 Å². The topological polar surface area (TPSA) is 0 Å². The van der Waals surface area contributed by atoms with E-state index in [1.54, 1.807) is 18.2 Å². The predicted octanol–water partition coefficient (Wildman–Crippen LogP) is -7.58. The van der Waals surface area contributed by atoms with Crippen molar-refractivity contribution >= 4 is 37.9 Å². The summed E-state index contributed by atoms with van der Waals surface area (Å²) in [5.74, 6) is 0. The molecule has 1 rings (SSSR count). The van der Waals surface area contributed by atoms with Crippen molar-refractivity contribution in [1.29, 1.82) is 0 Å². The molecule has 1 aromatic carbocycles. The third kappa shape index (κ3) is 7.11. The van der Waals surface area contributed by atoms with E-state index in [1.165, 1.54) is 0 Å². The van der Waals surface area contributed by atoms with Crippen molar-refractivity contribution in [1.82, 2.24) is 0 Å². The van der Waals surface area contributed by atoms with E-state index < -0.39 is 0 Å². The SMILES string of the molecule is [Li+].[Li+].[Li+].[S-]c1cc([S-])cc([S-])c1. The summed E-state index contributed by atoms with van der Waals surface area (Å²) in [7, 11) is 0. The zero-order valence-corrected chi connectivity index (χ0v) is 9.91. The molecule has 0 saturated carbocycles. The third-order valence-electron chi connectivity index (χ3n) is 0.854. The zero-order chi connectivity index (χ0) is 6.85. The van der Waals surface area contributed by atoms with Crippen LogP contribution in [0.25, 0.3) is 0 Å². The second-order valence-electron chi connectivity index (χ2n) is 1.64. The van der Waals surface area contributed by atoms with Crippen molar-refractivity contribution in [2.24, 2.45) is 0 Å². The van der Waals surface area contributed by atoms with Gasteiger partial charge in [0.2, 0.25) is 0 Å². The molecule has 0 saturated heterocycles. The Balaban J connectivity index is -0.000000270. The van der Waals surface area contributed by atoms with Gasteiger partial charge < -0.3 is 37.9 Å². The van der Waals surface area contributed by atoms with Crippen LogP contribution >= 0.6 is 0 Å². The second-order valence-corrected chi connectivity index (χ2v) is 3.05. The molecule has 0 aromatic heterocycles. The average Bonchev–Trinajstić information content (AvgIpc) is 1.59. The van der Waals surface area contributed by atoms with Gasteiger partial charge in [0, 0.05) is 0 Å². The number of rotatable bonds is 0. The summed E-state index contributed by atoms with van der Waals surface area (Å²) in [5.41, 5.74) is 0. The Kier molecular flexibility index (Phi) is 14.8. The molecule has 6 heteroatoms. The van der Waals surface area contributed by atoms with Gasteiger partial charge in [-0.25, -0.2) is 0 Å². The van der Waals surface area contributed by atoms with E-state index in [-0.39, 0.29) is 56.6 Å². The molecule has 0 aliphatic heterocycles. The van der Waals surface area contributed by atoms with Gasteiger partial charge in [-0.2, -0.15) is 14.7 Å². The van der Waals surface area contributed by atoms with Crippen molar-refractivity contribution in [3.8, 4) is 0 Å². The van der Waals surface area contributed by atoms with Crippen LogP contribution in [0.4, 0.5) is 0 Å². The van der Waals surface area contributed by atoms with E-state index >= 15 is 0 Å². The Labute approximate surface area is 126 Å². The summed E-state index contributed by atoms with van der Waals surface area (Å²) >= 11 is 14.6. The van der Waals surface area contributed by atoms with E-state index in [0.29, 0.717) is 0 Å². The van der Waals surface area contributed by atoms with Gasteiger partial charge in [0.1, 0.15) is 0 Å². The maximum Gasteiger partial charge on any atom is 1.00 e. The predicted molar refractivity (Wildman–Crippen MR) is 43.3 cm³/mol. The minimum Gasteiger partial charge on any atom is -0.780 e. The van der Waals surface area contributed by atoms with Crippen molar-refractivity contribution < 1.29 is 56.6 Å². The zero-order valence-electron chi connectivity index (χ0n) is 7.46. The quantitative estimate of drug-likeness (QED) is 0.296.